The van der Waals surface area contributed by atoms with Gasteiger partial charge in [0.2, 0.25) is 6.33 Å². The lowest BCUT2D eigenvalue weighted by Crippen LogP contribution is -1.99. The van der Waals surface area contributed by atoms with Gasteiger partial charge in [0.25, 0.3) is 0 Å². The first-order valence-corrected chi connectivity index (χ1v) is 2.62. The van der Waals surface area contributed by atoms with Crippen LogP contribution in [0.3, 0.4) is 0 Å². The molecule has 1 heterocycles. The molecule has 0 aliphatic rings. The van der Waals surface area contributed by atoms with Crippen molar-refractivity contribution < 1.29 is 9.84 Å². The number of aromatic nitrogens is 3. The van der Waals surface area contributed by atoms with E-state index in [1.165, 1.54) is 7.11 Å². The fraction of sp³-hybridized carbons (Fsp3) is 0.400. The molecule has 1 aromatic heterocycles. The highest BCUT2D eigenvalue weighted by Crippen LogP contribution is 1.96. The molecule has 0 saturated carbocycles. The maximum atomic E-state index is 8.53. The number of nitrogens with zero attached hydrogens (tertiary/aromatic N) is 3. The highest BCUT2D eigenvalue weighted by atomic mass is 16.5. The van der Waals surface area contributed by atoms with Crippen LogP contribution in [0, 0.1) is 6.33 Å². The van der Waals surface area contributed by atoms with Crippen molar-refractivity contribution in [2.24, 2.45) is 0 Å². The number of ether oxygens (including phenoxy) is 1. The molecule has 53 valence electrons. The van der Waals surface area contributed by atoms with Crippen molar-refractivity contribution in [3.05, 3.63) is 12.2 Å². The smallest absolute Gasteiger partial charge is 0.320 e. The molecule has 0 aliphatic carbocycles. The van der Waals surface area contributed by atoms with E-state index in [0.29, 0.717) is 0 Å². The molecular weight excluding hydrogens is 134 g/mol. The minimum absolute atomic E-state index is 0.166. The van der Waals surface area contributed by atoms with Crippen LogP contribution in [0.25, 0.3) is 0 Å². The Morgan fingerprint density at radius 2 is 2.40 bits per heavy atom. The van der Waals surface area contributed by atoms with Crippen LogP contribution in [0.2, 0.25) is 0 Å². The van der Waals surface area contributed by atoms with E-state index in [4.69, 9.17) is 5.11 Å². The van der Waals surface area contributed by atoms with Gasteiger partial charge < -0.3 is 9.84 Å². The zero-order valence-electron chi connectivity index (χ0n) is 5.40. The Kier molecular flexibility index (Phi) is 2.11. The van der Waals surface area contributed by atoms with Gasteiger partial charge in [0.15, 0.2) is 5.82 Å². The van der Waals surface area contributed by atoms with Crippen molar-refractivity contribution in [3.63, 3.8) is 0 Å². The number of methoxy groups -OCH3 is 1. The van der Waals surface area contributed by atoms with E-state index in [1.54, 1.807) is 0 Å². The molecule has 0 bridgehead atoms. The summed E-state index contributed by atoms with van der Waals surface area (Å²) < 4.78 is 4.65. The van der Waals surface area contributed by atoms with Crippen molar-refractivity contribution in [2.45, 2.75) is 6.61 Å². The maximum Gasteiger partial charge on any atom is 0.320 e. The molecule has 1 radical (unpaired) electrons. The third kappa shape index (κ3) is 1.38. The van der Waals surface area contributed by atoms with Crippen LogP contribution in [0.4, 0.5) is 0 Å². The number of rotatable bonds is 2. The van der Waals surface area contributed by atoms with Gasteiger partial charge >= 0.3 is 6.01 Å². The predicted molar refractivity (Wildman–Crippen MR) is 31.1 cm³/mol. The molecular formula is C5H6N3O2. The van der Waals surface area contributed by atoms with Gasteiger partial charge in [0, 0.05) is 0 Å². The predicted octanol–water partition coefficient (Wildman–Crippen LogP) is -0.827. The molecule has 10 heavy (non-hydrogen) atoms. The van der Waals surface area contributed by atoms with Gasteiger partial charge in [0.05, 0.1) is 7.11 Å². The molecule has 5 nitrogen and oxygen atoms in total. The number of hydrogen-bond donors (Lipinski definition) is 1. The third-order valence-electron chi connectivity index (χ3n) is 0.873. The topological polar surface area (TPSA) is 68.1 Å². The minimum Gasteiger partial charge on any atom is -0.467 e. The average molecular weight is 140 g/mol. The van der Waals surface area contributed by atoms with E-state index in [1.807, 2.05) is 0 Å². The van der Waals surface area contributed by atoms with E-state index in [0.717, 1.165) is 0 Å². The van der Waals surface area contributed by atoms with Crippen LogP contribution in [0.15, 0.2) is 0 Å². The van der Waals surface area contributed by atoms with Crippen LogP contribution >= 0.6 is 0 Å². The summed E-state index contributed by atoms with van der Waals surface area (Å²) in [6.45, 7) is -0.227. The zero-order valence-corrected chi connectivity index (χ0v) is 5.40. The van der Waals surface area contributed by atoms with Crippen LogP contribution in [-0.4, -0.2) is 27.2 Å². The maximum absolute atomic E-state index is 8.53. The quantitative estimate of drug-likeness (QED) is 0.580. The van der Waals surface area contributed by atoms with Gasteiger partial charge in [-0.15, -0.1) is 0 Å². The van der Waals surface area contributed by atoms with Crippen LogP contribution in [-0.2, 0) is 6.61 Å². The molecule has 0 spiro atoms. The summed E-state index contributed by atoms with van der Waals surface area (Å²) in [5.41, 5.74) is 0. The van der Waals surface area contributed by atoms with Gasteiger partial charge in [-0.05, 0) is 0 Å². The Hall–Kier alpha value is -1.23. The van der Waals surface area contributed by atoms with Gasteiger partial charge in [-0.3, -0.25) is 0 Å². The average Bonchev–Trinajstić information content (AvgIpc) is 2.05. The summed E-state index contributed by atoms with van der Waals surface area (Å²) in [6.07, 6.45) is 2.28. The fourth-order valence-corrected chi connectivity index (χ4v) is 0.448. The Morgan fingerprint density at radius 3 is 3.00 bits per heavy atom. The lowest BCUT2D eigenvalue weighted by molar-refractivity contribution is 0.266. The summed E-state index contributed by atoms with van der Waals surface area (Å²) in [5.74, 6) is 0.256. The first-order valence-electron chi connectivity index (χ1n) is 2.62. The molecule has 0 unspecified atom stereocenters. The second-order valence-electron chi connectivity index (χ2n) is 1.50. The number of hydrogen-bond acceptors (Lipinski definition) is 5. The molecule has 1 rings (SSSR count). The highest BCUT2D eigenvalue weighted by molar-refractivity contribution is 4.92. The van der Waals surface area contributed by atoms with Crippen molar-refractivity contribution >= 4 is 0 Å². The van der Waals surface area contributed by atoms with Gasteiger partial charge in [-0.25, -0.2) is 4.98 Å². The van der Waals surface area contributed by atoms with Crippen molar-refractivity contribution in [2.75, 3.05) is 7.11 Å². The second-order valence-corrected chi connectivity index (χ2v) is 1.50. The number of aliphatic hydroxyl groups excluding tert-OH is 1. The Labute approximate surface area is 57.7 Å². The van der Waals surface area contributed by atoms with Gasteiger partial charge in [0.1, 0.15) is 6.61 Å². The van der Waals surface area contributed by atoms with E-state index in [9.17, 15) is 0 Å². The summed E-state index contributed by atoms with van der Waals surface area (Å²) in [4.78, 5) is 10.7. The van der Waals surface area contributed by atoms with E-state index in [2.05, 4.69) is 26.0 Å². The van der Waals surface area contributed by atoms with Gasteiger partial charge in [-0.2, -0.15) is 9.97 Å². The Morgan fingerprint density at radius 1 is 1.60 bits per heavy atom. The summed E-state index contributed by atoms with van der Waals surface area (Å²) in [6, 6.07) is 0.166. The normalized spacial score (nSPS) is 9.40. The molecule has 0 aliphatic heterocycles. The van der Waals surface area contributed by atoms with Gasteiger partial charge in [-0.1, -0.05) is 0 Å². The molecule has 1 N–H and O–H groups in total. The zero-order chi connectivity index (χ0) is 7.40. The van der Waals surface area contributed by atoms with Crippen molar-refractivity contribution in [1.29, 1.82) is 0 Å². The summed E-state index contributed by atoms with van der Waals surface area (Å²) in [5, 5.41) is 8.53. The van der Waals surface area contributed by atoms with E-state index < -0.39 is 0 Å². The second kappa shape index (κ2) is 3.07. The lowest BCUT2D eigenvalue weighted by Gasteiger charge is -1.95. The molecule has 0 atom stereocenters. The number of aliphatic hydroxyl groups is 1. The lowest BCUT2D eigenvalue weighted by atomic mass is 10.6. The van der Waals surface area contributed by atoms with Crippen molar-refractivity contribution in [1.82, 2.24) is 15.0 Å². The third-order valence-corrected chi connectivity index (χ3v) is 0.873. The standard InChI is InChI=1S/C5H6N3O2/c1-10-5-7-3-6-4(2-9)8-5/h9H,2H2,1H3. The highest BCUT2D eigenvalue weighted by Gasteiger charge is 1.96. The molecule has 0 fully saturated rings. The fourth-order valence-electron chi connectivity index (χ4n) is 0.448. The van der Waals surface area contributed by atoms with Crippen LogP contribution in [0.5, 0.6) is 6.01 Å². The van der Waals surface area contributed by atoms with Crippen molar-refractivity contribution in [3.8, 4) is 6.01 Å². The molecule has 0 saturated heterocycles. The van der Waals surface area contributed by atoms with E-state index >= 15 is 0 Å². The largest absolute Gasteiger partial charge is 0.467 e. The SMILES string of the molecule is COc1n[c]nc(CO)n1. The first-order chi connectivity index (χ1) is 4.86. The summed E-state index contributed by atoms with van der Waals surface area (Å²) >= 11 is 0. The molecule has 1 aromatic rings. The monoisotopic (exact) mass is 140 g/mol. The first kappa shape index (κ1) is 6.88. The minimum atomic E-state index is -0.227. The Balaban J connectivity index is 2.87. The van der Waals surface area contributed by atoms with Crippen LogP contribution in [0.1, 0.15) is 5.82 Å². The molecule has 5 heteroatoms. The van der Waals surface area contributed by atoms with E-state index in [-0.39, 0.29) is 18.4 Å². The van der Waals surface area contributed by atoms with Crippen LogP contribution < -0.4 is 4.74 Å². The summed E-state index contributed by atoms with van der Waals surface area (Å²) in [7, 11) is 1.43. The Bertz CT molecular complexity index is 197. The molecule has 0 aromatic carbocycles. The molecule has 0 amide bonds.